The zero-order valence-corrected chi connectivity index (χ0v) is 12.6. The van der Waals surface area contributed by atoms with Gasteiger partial charge in [-0.05, 0) is 43.9 Å². The molecule has 1 rings (SSSR count). The Hall–Kier alpha value is -1.55. The van der Waals surface area contributed by atoms with Gasteiger partial charge in [-0.3, -0.25) is 4.79 Å². The van der Waals surface area contributed by atoms with Crippen molar-refractivity contribution in [3.63, 3.8) is 0 Å². The maximum atomic E-state index is 12.5. The Morgan fingerprint density at radius 2 is 1.95 bits per heavy atom. The van der Waals surface area contributed by atoms with Gasteiger partial charge in [0.05, 0.1) is 0 Å². The summed E-state index contributed by atoms with van der Waals surface area (Å²) in [5.74, 6) is -0.194. The van der Waals surface area contributed by atoms with Crippen molar-refractivity contribution in [3.8, 4) is 11.5 Å². The SMILES string of the molecule is CCC(C)(OCCC(C)C)C(=O)c1ccc(O)c(O)c1. The number of hydrogen-bond donors (Lipinski definition) is 2. The fraction of sp³-hybridized carbons (Fsp3) is 0.562. The maximum Gasteiger partial charge on any atom is 0.194 e. The van der Waals surface area contributed by atoms with E-state index in [0.29, 0.717) is 24.5 Å². The summed E-state index contributed by atoms with van der Waals surface area (Å²) in [5, 5.41) is 18.8. The van der Waals surface area contributed by atoms with E-state index in [0.717, 1.165) is 6.42 Å². The van der Waals surface area contributed by atoms with E-state index in [-0.39, 0.29) is 17.3 Å². The highest BCUT2D eigenvalue weighted by atomic mass is 16.5. The quantitative estimate of drug-likeness (QED) is 0.592. The van der Waals surface area contributed by atoms with E-state index in [1.807, 2.05) is 6.92 Å². The van der Waals surface area contributed by atoms with Crippen LogP contribution in [0.4, 0.5) is 0 Å². The first-order valence-electron chi connectivity index (χ1n) is 7.01. The summed E-state index contributed by atoms with van der Waals surface area (Å²) >= 11 is 0. The van der Waals surface area contributed by atoms with Crippen LogP contribution in [-0.2, 0) is 4.74 Å². The highest BCUT2D eigenvalue weighted by Crippen LogP contribution is 2.29. The molecule has 0 aliphatic rings. The molecule has 112 valence electrons. The molecule has 1 aromatic carbocycles. The molecule has 0 aromatic heterocycles. The van der Waals surface area contributed by atoms with Crippen LogP contribution in [0.25, 0.3) is 0 Å². The lowest BCUT2D eigenvalue weighted by Crippen LogP contribution is -2.38. The zero-order chi connectivity index (χ0) is 15.3. The molecule has 0 aliphatic heterocycles. The van der Waals surface area contributed by atoms with Gasteiger partial charge >= 0.3 is 0 Å². The van der Waals surface area contributed by atoms with Crippen molar-refractivity contribution in [2.24, 2.45) is 5.92 Å². The van der Waals surface area contributed by atoms with Crippen LogP contribution in [0.1, 0.15) is 50.9 Å². The predicted molar refractivity (Wildman–Crippen MR) is 78.2 cm³/mol. The molecule has 4 nitrogen and oxygen atoms in total. The largest absolute Gasteiger partial charge is 0.504 e. The Balaban J connectivity index is 2.86. The van der Waals surface area contributed by atoms with E-state index in [4.69, 9.17) is 4.74 Å². The number of carbonyl (C=O) groups is 1. The molecule has 4 heteroatoms. The summed E-state index contributed by atoms with van der Waals surface area (Å²) in [6.45, 7) is 8.39. The average Bonchev–Trinajstić information content (AvgIpc) is 2.40. The third-order valence-corrected chi connectivity index (χ3v) is 3.51. The molecule has 0 saturated heterocycles. The lowest BCUT2D eigenvalue weighted by Gasteiger charge is -2.27. The van der Waals surface area contributed by atoms with Crippen LogP contribution < -0.4 is 0 Å². The summed E-state index contributed by atoms with van der Waals surface area (Å²) in [4.78, 5) is 12.5. The lowest BCUT2D eigenvalue weighted by atomic mass is 9.91. The Bertz CT molecular complexity index is 468. The van der Waals surface area contributed by atoms with Crippen LogP contribution in [-0.4, -0.2) is 28.2 Å². The van der Waals surface area contributed by atoms with Crippen LogP contribution in [0.15, 0.2) is 18.2 Å². The van der Waals surface area contributed by atoms with Crippen LogP contribution in [0.2, 0.25) is 0 Å². The number of ether oxygens (including phenoxy) is 1. The molecule has 0 amide bonds. The molecule has 0 saturated carbocycles. The highest BCUT2D eigenvalue weighted by Gasteiger charge is 2.33. The van der Waals surface area contributed by atoms with Gasteiger partial charge in [-0.2, -0.15) is 0 Å². The predicted octanol–water partition coefficient (Wildman–Crippen LogP) is 3.51. The van der Waals surface area contributed by atoms with Crippen molar-refractivity contribution in [1.29, 1.82) is 0 Å². The number of phenolic OH excluding ortho intramolecular Hbond substituents is 2. The number of rotatable bonds is 7. The molecule has 0 radical (unpaired) electrons. The number of hydrogen-bond acceptors (Lipinski definition) is 4. The molecular formula is C16H24O4. The number of benzene rings is 1. The average molecular weight is 280 g/mol. The van der Waals surface area contributed by atoms with E-state index in [9.17, 15) is 15.0 Å². The minimum atomic E-state index is -0.904. The molecule has 0 spiro atoms. The summed E-state index contributed by atoms with van der Waals surface area (Å²) in [6, 6.07) is 4.08. The number of aromatic hydroxyl groups is 2. The van der Waals surface area contributed by atoms with Gasteiger partial charge in [0.15, 0.2) is 17.3 Å². The summed E-state index contributed by atoms with van der Waals surface area (Å²) < 4.78 is 5.78. The van der Waals surface area contributed by atoms with Gasteiger partial charge in [-0.15, -0.1) is 0 Å². The maximum absolute atomic E-state index is 12.5. The van der Waals surface area contributed by atoms with Crippen LogP contribution in [0, 0.1) is 5.92 Å². The first kappa shape index (κ1) is 16.5. The Morgan fingerprint density at radius 3 is 2.45 bits per heavy atom. The molecule has 1 aromatic rings. The highest BCUT2D eigenvalue weighted by molar-refractivity contribution is 6.02. The molecule has 0 heterocycles. The van der Waals surface area contributed by atoms with Gasteiger partial charge in [-0.1, -0.05) is 20.8 Å². The number of phenols is 2. The van der Waals surface area contributed by atoms with E-state index >= 15 is 0 Å². The molecule has 0 fully saturated rings. The Morgan fingerprint density at radius 1 is 1.30 bits per heavy atom. The topological polar surface area (TPSA) is 66.8 Å². The number of Topliss-reactive ketones (excluding diaryl/α,β-unsaturated/α-hetero) is 1. The molecule has 20 heavy (non-hydrogen) atoms. The minimum Gasteiger partial charge on any atom is -0.504 e. The Labute approximate surface area is 120 Å². The van der Waals surface area contributed by atoms with E-state index < -0.39 is 5.60 Å². The first-order valence-corrected chi connectivity index (χ1v) is 7.01. The summed E-state index contributed by atoms with van der Waals surface area (Å²) in [6.07, 6.45) is 1.44. The van der Waals surface area contributed by atoms with Gasteiger partial charge in [-0.25, -0.2) is 0 Å². The number of carbonyl (C=O) groups excluding carboxylic acids is 1. The van der Waals surface area contributed by atoms with Gasteiger partial charge in [0.2, 0.25) is 0 Å². The van der Waals surface area contributed by atoms with Gasteiger partial charge in [0.25, 0.3) is 0 Å². The van der Waals surface area contributed by atoms with Gasteiger partial charge in [0.1, 0.15) is 5.60 Å². The van der Waals surface area contributed by atoms with Gasteiger partial charge < -0.3 is 14.9 Å². The molecule has 0 aliphatic carbocycles. The molecule has 1 atom stereocenters. The van der Waals surface area contributed by atoms with E-state index in [2.05, 4.69) is 13.8 Å². The summed E-state index contributed by atoms with van der Waals surface area (Å²) in [7, 11) is 0. The van der Waals surface area contributed by atoms with Crippen molar-refractivity contribution in [2.75, 3.05) is 6.61 Å². The third-order valence-electron chi connectivity index (χ3n) is 3.51. The van der Waals surface area contributed by atoms with Crippen molar-refractivity contribution in [2.45, 2.75) is 46.1 Å². The smallest absolute Gasteiger partial charge is 0.194 e. The molecule has 1 unspecified atom stereocenters. The Kier molecular flexibility index (Phi) is 5.57. The fourth-order valence-corrected chi connectivity index (χ4v) is 1.82. The van der Waals surface area contributed by atoms with E-state index in [1.165, 1.54) is 18.2 Å². The standard InChI is InChI=1S/C16H24O4/c1-5-16(4,20-9-8-11(2)3)15(19)12-6-7-13(17)14(18)10-12/h6-7,10-11,17-18H,5,8-9H2,1-4H3. The van der Waals surface area contributed by atoms with Crippen molar-refractivity contribution < 1.29 is 19.7 Å². The number of ketones is 1. The zero-order valence-electron chi connectivity index (χ0n) is 12.6. The minimum absolute atomic E-state index is 0.181. The molecule has 2 N–H and O–H groups in total. The lowest BCUT2D eigenvalue weighted by molar-refractivity contribution is -0.0208. The second-order valence-corrected chi connectivity index (χ2v) is 5.65. The fourth-order valence-electron chi connectivity index (χ4n) is 1.82. The van der Waals surface area contributed by atoms with Gasteiger partial charge in [0, 0.05) is 12.2 Å². The first-order chi connectivity index (χ1) is 9.30. The van der Waals surface area contributed by atoms with Crippen molar-refractivity contribution in [3.05, 3.63) is 23.8 Å². The second-order valence-electron chi connectivity index (χ2n) is 5.65. The van der Waals surface area contributed by atoms with Crippen molar-refractivity contribution in [1.82, 2.24) is 0 Å². The third kappa shape index (κ3) is 3.97. The molecular weight excluding hydrogens is 256 g/mol. The summed E-state index contributed by atoms with van der Waals surface area (Å²) in [5.41, 5.74) is -0.563. The van der Waals surface area contributed by atoms with Crippen LogP contribution in [0.5, 0.6) is 11.5 Å². The second kappa shape index (κ2) is 6.75. The molecule has 0 bridgehead atoms. The normalized spacial score (nSPS) is 14.2. The van der Waals surface area contributed by atoms with Crippen LogP contribution >= 0.6 is 0 Å². The van der Waals surface area contributed by atoms with Crippen LogP contribution in [0.3, 0.4) is 0 Å². The monoisotopic (exact) mass is 280 g/mol. The van der Waals surface area contributed by atoms with E-state index in [1.54, 1.807) is 6.92 Å². The van der Waals surface area contributed by atoms with Crippen molar-refractivity contribution >= 4 is 5.78 Å².